The molecule has 2 unspecified atom stereocenters. The molecule has 0 fully saturated rings. The van der Waals surface area contributed by atoms with Gasteiger partial charge in [-0.25, -0.2) is 8.78 Å². The Hall–Kier alpha value is -3.43. The average Bonchev–Trinajstić information content (AvgIpc) is 3.09. The number of benzene rings is 3. The van der Waals surface area contributed by atoms with Gasteiger partial charge in [-0.3, -0.25) is 14.5 Å². The highest BCUT2D eigenvalue weighted by Gasteiger charge is 2.44. The molecule has 0 radical (unpaired) electrons. The molecule has 1 aliphatic rings. The number of ether oxygens (including phenoxy) is 2. The van der Waals surface area contributed by atoms with Crippen LogP contribution in [0.15, 0.2) is 42.5 Å². The second-order valence-electron chi connectivity index (χ2n) is 8.19. The summed E-state index contributed by atoms with van der Waals surface area (Å²) < 4.78 is 37.4. The van der Waals surface area contributed by atoms with Crippen LogP contribution in [-0.2, 0) is 4.79 Å². The van der Waals surface area contributed by atoms with Crippen LogP contribution in [0.3, 0.4) is 0 Å². The minimum absolute atomic E-state index is 0.0000797. The molecule has 3 aromatic carbocycles. The molecular formula is C26H24ClF2NO6. The van der Waals surface area contributed by atoms with Crippen LogP contribution in [0.1, 0.15) is 53.9 Å². The normalized spacial score (nSPS) is 15.9. The fourth-order valence-corrected chi connectivity index (χ4v) is 4.82. The molecule has 36 heavy (non-hydrogen) atoms. The molecule has 2 N–H and O–H groups in total. The first-order valence-electron chi connectivity index (χ1n) is 11.4. The molecule has 0 saturated heterocycles. The van der Waals surface area contributed by atoms with E-state index in [1.54, 1.807) is 38.1 Å². The number of aliphatic carboxylic acids is 1. The lowest BCUT2D eigenvalue weighted by Gasteiger charge is -2.24. The zero-order chi connectivity index (χ0) is 26.1. The predicted molar refractivity (Wildman–Crippen MR) is 131 cm³/mol. The van der Waals surface area contributed by atoms with E-state index in [1.165, 1.54) is 18.2 Å². The monoisotopic (exact) mass is 519 g/mol. The average molecular weight is 520 g/mol. The van der Waals surface area contributed by atoms with Crippen molar-refractivity contribution in [3.8, 4) is 11.5 Å². The molecule has 7 nitrogen and oxygen atoms in total. The molecule has 0 bridgehead atoms. The van der Waals surface area contributed by atoms with Crippen LogP contribution < -0.4 is 14.4 Å². The van der Waals surface area contributed by atoms with Crippen LogP contribution >= 0.6 is 11.6 Å². The first kappa shape index (κ1) is 25.7. The van der Waals surface area contributed by atoms with Gasteiger partial charge in [-0.2, -0.15) is 0 Å². The molecule has 1 amide bonds. The van der Waals surface area contributed by atoms with Gasteiger partial charge < -0.3 is 19.7 Å². The third kappa shape index (κ3) is 4.33. The Morgan fingerprint density at radius 3 is 2.33 bits per heavy atom. The van der Waals surface area contributed by atoms with Crippen molar-refractivity contribution in [2.45, 2.75) is 38.8 Å². The Bertz CT molecular complexity index is 1330. The Balaban J connectivity index is 1.90. The number of aliphatic hydroxyl groups excluding tert-OH is 1. The number of amides is 1. The molecule has 1 aliphatic heterocycles. The van der Waals surface area contributed by atoms with Crippen LogP contribution in [0.5, 0.6) is 11.5 Å². The number of rotatable bonds is 9. The Morgan fingerprint density at radius 2 is 1.78 bits per heavy atom. The molecule has 0 aliphatic carbocycles. The maximum Gasteiger partial charge on any atom is 0.310 e. The van der Waals surface area contributed by atoms with Crippen molar-refractivity contribution in [2.24, 2.45) is 0 Å². The molecule has 190 valence electrons. The number of hydrogen-bond acceptors (Lipinski definition) is 5. The first-order chi connectivity index (χ1) is 17.2. The van der Waals surface area contributed by atoms with Gasteiger partial charge in [0.1, 0.15) is 18.1 Å². The van der Waals surface area contributed by atoms with E-state index < -0.39 is 37.1 Å². The van der Waals surface area contributed by atoms with Gasteiger partial charge in [0.05, 0.1) is 34.4 Å². The van der Waals surface area contributed by atoms with E-state index in [0.29, 0.717) is 22.8 Å². The lowest BCUT2D eigenvalue weighted by molar-refractivity contribution is -0.138. The number of alkyl halides is 2. The number of carbonyl (C=O) groups excluding carboxylic acids is 1. The minimum atomic E-state index is -2.78. The summed E-state index contributed by atoms with van der Waals surface area (Å²) in [4.78, 5) is 26.3. The first-order valence-corrected chi connectivity index (χ1v) is 11.7. The Labute approximate surface area is 210 Å². The smallest absolute Gasteiger partial charge is 0.310 e. The van der Waals surface area contributed by atoms with Crippen LogP contribution in [-0.4, -0.2) is 41.7 Å². The van der Waals surface area contributed by atoms with Crippen molar-refractivity contribution in [2.75, 3.05) is 18.1 Å². The van der Waals surface area contributed by atoms with Crippen molar-refractivity contribution in [3.63, 3.8) is 0 Å². The van der Waals surface area contributed by atoms with Crippen molar-refractivity contribution in [1.82, 2.24) is 0 Å². The van der Waals surface area contributed by atoms with Crippen LogP contribution in [0.4, 0.5) is 14.5 Å². The Morgan fingerprint density at radius 1 is 1.11 bits per heavy atom. The standard InChI is InChI=1S/C26H24ClF2NO6/c1-3-14(26(33)34)13-9-10-18(17(27)11-13)30-24(31)20-21(25(30)32)23(36-12-19(28)29)16-8-6-5-7-15(16)22(20)35-4-2/h5-11,14,19,25,32H,3-4,12H2,1-2H3,(H,33,34). The molecule has 4 rings (SSSR count). The number of nitrogens with zero attached hydrogens (tertiary/aromatic N) is 1. The fourth-order valence-electron chi connectivity index (χ4n) is 4.54. The summed E-state index contributed by atoms with van der Waals surface area (Å²) in [5.41, 5.74) is 0.559. The third-order valence-corrected chi connectivity index (χ3v) is 6.38. The summed E-state index contributed by atoms with van der Waals surface area (Å²) in [5, 5.41) is 21.7. The molecular weight excluding hydrogens is 496 g/mol. The number of carboxylic acids is 1. The summed E-state index contributed by atoms with van der Waals surface area (Å²) in [6.45, 7) is 2.73. The van der Waals surface area contributed by atoms with Gasteiger partial charge in [0.25, 0.3) is 12.3 Å². The van der Waals surface area contributed by atoms with Crippen molar-refractivity contribution in [1.29, 1.82) is 0 Å². The van der Waals surface area contributed by atoms with Gasteiger partial charge in [0.15, 0.2) is 6.23 Å². The predicted octanol–water partition coefficient (Wildman–Crippen LogP) is 5.77. The van der Waals surface area contributed by atoms with E-state index >= 15 is 0 Å². The van der Waals surface area contributed by atoms with E-state index in [1.807, 2.05) is 0 Å². The number of anilines is 1. The number of aliphatic hydroxyl groups is 1. The third-order valence-electron chi connectivity index (χ3n) is 6.08. The summed E-state index contributed by atoms with van der Waals surface area (Å²) >= 11 is 6.48. The molecule has 10 heteroatoms. The lowest BCUT2D eigenvalue weighted by atomic mass is 9.96. The largest absolute Gasteiger partial charge is 0.492 e. The number of carboxylic acid groups (broad SMARTS) is 1. The van der Waals surface area contributed by atoms with Crippen LogP contribution in [0.25, 0.3) is 10.8 Å². The minimum Gasteiger partial charge on any atom is -0.492 e. The number of carbonyl (C=O) groups is 2. The molecule has 2 atom stereocenters. The number of hydrogen-bond donors (Lipinski definition) is 2. The van der Waals surface area contributed by atoms with Crippen molar-refractivity contribution in [3.05, 3.63) is 64.2 Å². The molecule has 3 aromatic rings. The van der Waals surface area contributed by atoms with Gasteiger partial charge in [-0.1, -0.05) is 48.9 Å². The van der Waals surface area contributed by atoms with Gasteiger partial charge in [0.2, 0.25) is 0 Å². The van der Waals surface area contributed by atoms with Crippen LogP contribution in [0, 0.1) is 0 Å². The van der Waals surface area contributed by atoms with E-state index in [2.05, 4.69) is 0 Å². The van der Waals surface area contributed by atoms with Crippen molar-refractivity contribution < 1.29 is 38.1 Å². The molecule has 0 saturated carbocycles. The second kappa shape index (κ2) is 10.3. The fraction of sp³-hybridized carbons (Fsp3) is 0.308. The van der Waals surface area contributed by atoms with E-state index in [9.17, 15) is 28.6 Å². The van der Waals surface area contributed by atoms with E-state index in [0.717, 1.165) is 4.90 Å². The summed E-state index contributed by atoms with van der Waals surface area (Å²) in [5.74, 6) is -2.31. The molecule has 1 heterocycles. The summed E-state index contributed by atoms with van der Waals surface area (Å²) in [6, 6.07) is 11.1. The highest BCUT2D eigenvalue weighted by molar-refractivity contribution is 6.34. The number of fused-ring (bicyclic) bond motifs is 2. The van der Waals surface area contributed by atoms with Gasteiger partial charge in [-0.15, -0.1) is 0 Å². The summed E-state index contributed by atoms with van der Waals surface area (Å²) in [7, 11) is 0. The molecule has 0 spiro atoms. The Kier molecular flexibility index (Phi) is 7.33. The highest BCUT2D eigenvalue weighted by atomic mass is 35.5. The van der Waals surface area contributed by atoms with Gasteiger partial charge >= 0.3 is 5.97 Å². The number of halogens is 3. The zero-order valence-corrected chi connectivity index (χ0v) is 20.3. The maximum absolute atomic E-state index is 13.7. The topological polar surface area (TPSA) is 96.3 Å². The second-order valence-corrected chi connectivity index (χ2v) is 8.59. The maximum atomic E-state index is 13.7. The van der Waals surface area contributed by atoms with Crippen molar-refractivity contribution >= 4 is 39.9 Å². The highest BCUT2D eigenvalue weighted by Crippen LogP contribution is 2.51. The molecule has 0 aromatic heterocycles. The van der Waals surface area contributed by atoms with Crippen LogP contribution in [0.2, 0.25) is 5.02 Å². The lowest BCUT2D eigenvalue weighted by Crippen LogP contribution is -2.28. The zero-order valence-electron chi connectivity index (χ0n) is 19.5. The SMILES string of the molecule is CCOc1c2c(c(OCC(F)F)c3ccccc13)C(O)N(c1ccc(C(CC)C(=O)O)cc1Cl)C2=O. The quantitative estimate of drug-likeness (QED) is 0.373. The summed E-state index contributed by atoms with van der Waals surface area (Å²) in [6.07, 6.45) is -4.07. The van der Waals surface area contributed by atoms with Gasteiger partial charge in [0, 0.05) is 10.8 Å². The van der Waals surface area contributed by atoms with Gasteiger partial charge in [-0.05, 0) is 31.0 Å². The van der Waals surface area contributed by atoms with E-state index in [4.69, 9.17) is 21.1 Å². The van der Waals surface area contributed by atoms with E-state index in [-0.39, 0.29) is 39.9 Å².